The molecular weight excluding hydrogens is 731 g/mol. The van der Waals surface area contributed by atoms with E-state index < -0.39 is 0 Å². The number of nitrogens with zero attached hydrogens (tertiary/aromatic N) is 4. The first-order chi connectivity index (χ1) is 25.1. The Morgan fingerprint density at radius 2 is 1.00 bits per heavy atom. The van der Waals surface area contributed by atoms with Crippen molar-refractivity contribution in [3.05, 3.63) is 157 Å². The molecule has 5 nitrogen and oxygen atoms in total. The summed E-state index contributed by atoms with van der Waals surface area (Å²) >= 11 is 0. The number of fused-ring (bicyclic) bond motifs is 16. The largest absolute Gasteiger partial charge is 2.00 e. The molecule has 0 radical (unpaired) electrons. The minimum Gasteiger partial charge on any atom is -0.497 e. The quantitative estimate of drug-likeness (QED) is 0.102. The predicted octanol–water partition coefficient (Wildman–Crippen LogP) is 11.6. The third kappa shape index (κ3) is 4.32. The van der Waals surface area contributed by atoms with E-state index in [1.165, 1.54) is 27.6 Å². The Hall–Kier alpha value is -6.06. The first kappa shape index (κ1) is 30.7. The molecule has 11 rings (SSSR count). The maximum absolute atomic E-state index is 6.63. The number of aryl methyl sites for hydroxylation is 2. The minimum absolute atomic E-state index is 0. The van der Waals surface area contributed by atoms with E-state index >= 15 is 0 Å². The van der Waals surface area contributed by atoms with Crippen molar-refractivity contribution in [3.8, 4) is 22.6 Å². The van der Waals surface area contributed by atoms with E-state index in [4.69, 9.17) is 14.7 Å². The van der Waals surface area contributed by atoms with Gasteiger partial charge in [-0.3, -0.25) is 9.97 Å². The maximum Gasteiger partial charge on any atom is 2.00 e. The first-order valence-corrected chi connectivity index (χ1v) is 17.2. The SMILES string of the molecule is Cc1cccc(C)c1-c1cccc2c1c1ccc(Oc3[c-]c4c(cc3)c3ccccc3n3c5ccccc5nc43)[c-]c1c1nc3ccccc3n21.[Pd+2]. The molecule has 0 aliphatic heterocycles. The zero-order chi connectivity index (χ0) is 33.8. The summed E-state index contributed by atoms with van der Waals surface area (Å²) in [5, 5.41) is 6.29. The zero-order valence-corrected chi connectivity index (χ0v) is 29.8. The van der Waals surface area contributed by atoms with Crippen LogP contribution in [0.25, 0.3) is 87.8 Å². The van der Waals surface area contributed by atoms with Crippen molar-refractivity contribution in [2.24, 2.45) is 0 Å². The molecule has 0 aliphatic rings. The van der Waals surface area contributed by atoms with Crippen LogP contribution < -0.4 is 4.74 Å². The molecule has 0 fully saturated rings. The smallest absolute Gasteiger partial charge is 0.497 e. The molecule has 52 heavy (non-hydrogen) atoms. The Kier molecular flexibility index (Phi) is 6.79. The standard InChI is InChI=1S/C46H28N4O.Pd/c1-27-11-9-12-28(2)43(27)34-14-10-20-42-44(34)33-24-22-30(26-36(33)46-48-38-16-5-8-19-41(38)50(42)46)51-29-21-23-31-32-13-3-6-17-39(32)49-40-18-7-4-15-37(40)47-45(49)35(31)25-29;/h3-24H,1-2H3;/q-2;+2. The van der Waals surface area contributed by atoms with Crippen molar-refractivity contribution in [2.75, 3.05) is 0 Å². The van der Waals surface area contributed by atoms with Crippen molar-refractivity contribution >= 4 is 76.7 Å². The molecule has 7 aromatic carbocycles. The van der Waals surface area contributed by atoms with Crippen LogP contribution in [0.2, 0.25) is 0 Å². The number of aromatic nitrogens is 4. The van der Waals surface area contributed by atoms with Crippen molar-refractivity contribution in [1.29, 1.82) is 0 Å². The van der Waals surface area contributed by atoms with Gasteiger partial charge < -0.3 is 13.5 Å². The Morgan fingerprint density at radius 3 is 1.67 bits per heavy atom. The molecule has 0 bridgehead atoms. The third-order valence-corrected chi connectivity index (χ3v) is 10.4. The topological polar surface area (TPSA) is 43.8 Å². The van der Waals surface area contributed by atoms with Gasteiger partial charge in [0, 0.05) is 22.5 Å². The molecule has 0 saturated heterocycles. The Balaban J connectivity index is 0.00000338. The van der Waals surface area contributed by atoms with Gasteiger partial charge in [-0.1, -0.05) is 119 Å². The van der Waals surface area contributed by atoms with Crippen LogP contribution in [-0.2, 0) is 20.4 Å². The summed E-state index contributed by atoms with van der Waals surface area (Å²) in [4.78, 5) is 10.2. The fourth-order valence-electron chi connectivity index (χ4n) is 8.20. The number of rotatable bonds is 3. The molecule has 6 heteroatoms. The summed E-state index contributed by atoms with van der Waals surface area (Å²) in [6, 6.07) is 53.7. The summed E-state index contributed by atoms with van der Waals surface area (Å²) in [6.07, 6.45) is 0. The minimum atomic E-state index is 0. The van der Waals surface area contributed by atoms with Crippen LogP contribution in [-0.4, -0.2) is 18.8 Å². The molecule has 4 heterocycles. The fourth-order valence-corrected chi connectivity index (χ4v) is 8.20. The molecule has 0 aliphatic carbocycles. The molecule has 4 aromatic heterocycles. The summed E-state index contributed by atoms with van der Waals surface area (Å²) < 4.78 is 11.1. The van der Waals surface area contributed by atoms with Crippen LogP contribution in [0.1, 0.15) is 11.1 Å². The van der Waals surface area contributed by atoms with E-state index in [0.717, 1.165) is 71.3 Å². The second-order valence-electron chi connectivity index (χ2n) is 13.3. The average Bonchev–Trinajstić information content (AvgIpc) is 3.75. The van der Waals surface area contributed by atoms with Gasteiger partial charge in [0.2, 0.25) is 0 Å². The summed E-state index contributed by atoms with van der Waals surface area (Å²) in [5.41, 5.74) is 12.9. The Morgan fingerprint density at radius 1 is 0.481 bits per heavy atom. The van der Waals surface area contributed by atoms with Gasteiger partial charge in [-0.05, 0) is 83.3 Å². The molecule has 0 atom stereocenters. The second kappa shape index (κ2) is 11.5. The van der Waals surface area contributed by atoms with Crippen LogP contribution in [0, 0.1) is 26.0 Å². The number of ether oxygens (including phenoxy) is 1. The van der Waals surface area contributed by atoms with Gasteiger partial charge in [-0.15, -0.1) is 12.1 Å². The molecule has 248 valence electrons. The number of imidazole rings is 2. The van der Waals surface area contributed by atoms with E-state index in [9.17, 15) is 0 Å². The van der Waals surface area contributed by atoms with E-state index in [1.807, 2.05) is 24.3 Å². The molecule has 0 amide bonds. The Bertz CT molecular complexity index is 3250. The summed E-state index contributed by atoms with van der Waals surface area (Å²) in [6.45, 7) is 4.38. The molecule has 0 spiro atoms. The van der Waals surface area contributed by atoms with Gasteiger partial charge in [0.05, 0.1) is 33.4 Å². The maximum atomic E-state index is 6.63. The summed E-state index contributed by atoms with van der Waals surface area (Å²) in [5.74, 6) is 1.20. The van der Waals surface area contributed by atoms with Crippen molar-refractivity contribution < 1.29 is 25.2 Å². The monoisotopic (exact) mass is 758 g/mol. The second-order valence-corrected chi connectivity index (χ2v) is 13.3. The Labute approximate surface area is 312 Å². The normalized spacial score (nSPS) is 11.9. The number of hydrogen-bond acceptors (Lipinski definition) is 3. The van der Waals surface area contributed by atoms with E-state index in [1.54, 1.807) is 0 Å². The van der Waals surface area contributed by atoms with Crippen LogP contribution in [0.5, 0.6) is 11.5 Å². The van der Waals surface area contributed by atoms with Crippen LogP contribution in [0.15, 0.2) is 133 Å². The van der Waals surface area contributed by atoms with Gasteiger partial charge in [0.25, 0.3) is 0 Å². The number of pyridine rings is 2. The number of hydrogen-bond donors (Lipinski definition) is 0. The van der Waals surface area contributed by atoms with Gasteiger partial charge in [0.15, 0.2) is 0 Å². The molecule has 0 saturated carbocycles. The third-order valence-electron chi connectivity index (χ3n) is 10.4. The van der Waals surface area contributed by atoms with Crippen LogP contribution in [0.4, 0.5) is 0 Å². The molecule has 0 unspecified atom stereocenters. The first-order valence-electron chi connectivity index (χ1n) is 17.2. The van der Waals surface area contributed by atoms with Gasteiger partial charge in [-0.2, -0.15) is 0 Å². The molecular formula is C46H28N4OPd. The van der Waals surface area contributed by atoms with Gasteiger partial charge in [-0.25, -0.2) is 0 Å². The van der Waals surface area contributed by atoms with Crippen molar-refractivity contribution in [1.82, 2.24) is 18.8 Å². The number of benzene rings is 7. The predicted molar refractivity (Wildman–Crippen MR) is 208 cm³/mol. The fraction of sp³-hybridized carbons (Fsp3) is 0.0435. The van der Waals surface area contributed by atoms with E-state index in [0.29, 0.717) is 11.5 Å². The van der Waals surface area contributed by atoms with E-state index in [-0.39, 0.29) is 20.4 Å². The molecule has 0 N–H and O–H groups in total. The molecule has 11 aromatic rings. The van der Waals surface area contributed by atoms with E-state index in [2.05, 4.69) is 144 Å². The van der Waals surface area contributed by atoms with Crippen LogP contribution in [0.3, 0.4) is 0 Å². The van der Waals surface area contributed by atoms with Gasteiger partial charge >= 0.3 is 20.4 Å². The van der Waals surface area contributed by atoms with Crippen molar-refractivity contribution in [3.63, 3.8) is 0 Å². The number of para-hydroxylation sites is 5. The van der Waals surface area contributed by atoms with Crippen LogP contribution >= 0.6 is 0 Å². The zero-order valence-electron chi connectivity index (χ0n) is 28.2. The summed E-state index contributed by atoms with van der Waals surface area (Å²) in [7, 11) is 0. The van der Waals surface area contributed by atoms with Crippen molar-refractivity contribution in [2.45, 2.75) is 13.8 Å². The van der Waals surface area contributed by atoms with Gasteiger partial charge in [0.1, 0.15) is 0 Å². The average molecular weight is 759 g/mol.